The van der Waals surface area contributed by atoms with Crippen LogP contribution in [-0.4, -0.2) is 35.2 Å². The van der Waals surface area contributed by atoms with Crippen LogP contribution in [0.5, 0.6) is 0 Å². The number of para-hydroxylation sites is 1. The summed E-state index contributed by atoms with van der Waals surface area (Å²) in [6.07, 6.45) is 1.64. The summed E-state index contributed by atoms with van der Waals surface area (Å²) >= 11 is 0. The maximum atomic E-state index is 11.9. The van der Waals surface area contributed by atoms with Crippen LogP contribution in [-0.2, 0) is 15.6 Å². The van der Waals surface area contributed by atoms with Gasteiger partial charge in [-0.1, -0.05) is 18.2 Å². The minimum atomic E-state index is -0.859. The Morgan fingerprint density at radius 2 is 2.29 bits per heavy atom. The van der Waals surface area contributed by atoms with Crippen LogP contribution >= 0.6 is 0 Å². The molecule has 4 nitrogen and oxygen atoms in total. The molecule has 0 spiro atoms. The summed E-state index contributed by atoms with van der Waals surface area (Å²) in [6.45, 7) is 1.11. The minimum absolute atomic E-state index is 0.00731. The first kappa shape index (κ1) is 12.1. The van der Waals surface area contributed by atoms with Crippen LogP contribution in [0.15, 0.2) is 24.3 Å². The summed E-state index contributed by atoms with van der Waals surface area (Å²) in [5.41, 5.74) is 2.08. The van der Waals surface area contributed by atoms with Gasteiger partial charge < -0.3 is 10.6 Å². The van der Waals surface area contributed by atoms with Gasteiger partial charge in [0.2, 0.25) is 5.91 Å². The summed E-state index contributed by atoms with van der Waals surface area (Å²) in [5, 5.41) is 6.03. The SMILES string of the molecule is CS(=O)CCNC(=O)C1CNc2ccccc21. The number of fused-ring (bicyclic) bond motifs is 1. The molecule has 1 aromatic carbocycles. The molecular formula is C12H16N2O2S. The molecular weight excluding hydrogens is 236 g/mol. The smallest absolute Gasteiger partial charge is 0.229 e. The highest BCUT2D eigenvalue weighted by atomic mass is 32.2. The molecule has 0 saturated heterocycles. The first-order valence-corrected chi connectivity index (χ1v) is 7.31. The molecule has 1 aliphatic heterocycles. The van der Waals surface area contributed by atoms with Crippen molar-refractivity contribution >= 4 is 22.4 Å². The second kappa shape index (κ2) is 5.31. The number of rotatable bonds is 4. The Kier molecular flexibility index (Phi) is 3.78. The van der Waals surface area contributed by atoms with Gasteiger partial charge in [0.15, 0.2) is 0 Å². The van der Waals surface area contributed by atoms with Crippen molar-refractivity contribution in [3.63, 3.8) is 0 Å². The molecule has 0 radical (unpaired) electrons. The van der Waals surface area contributed by atoms with Crippen LogP contribution in [0.2, 0.25) is 0 Å². The molecule has 2 N–H and O–H groups in total. The van der Waals surface area contributed by atoms with E-state index in [9.17, 15) is 9.00 Å². The number of carbonyl (C=O) groups is 1. The summed E-state index contributed by atoms with van der Waals surface area (Å²) in [6, 6.07) is 7.83. The van der Waals surface area contributed by atoms with Crippen molar-refractivity contribution in [1.82, 2.24) is 5.32 Å². The van der Waals surface area contributed by atoms with E-state index < -0.39 is 10.8 Å². The van der Waals surface area contributed by atoms with Crippen LogP contribution in [0, 0.1) is 0 Å². The van der Waals surface area contributed by atoms with Crippen LogP contribution < -0.4 is 10.6 Å². The molecule has 1 amide bonds. The number of anilines is 1. The topological polar surface area (TPSA) is 58.2 Å². The van der Waals surface area contributed by atoms with Crippen LogP contribution in [0.1, 0.15) is 11.5 Å². The van der Waals surface area contributed by atoms with Crippen LogP contribution in [0.3, 0.4) is 0 Å². The Balaban J connectivity index is 1.96. The van der Waals surface area contributed by atoms with Gasteiger partial charge in [0, 0.05) is 41.6 Å². The molecule has 2 atom stereocenters. The lowest BCUT2D eigenvalue weighted by molar-refractivity contribution is -0.122. The van der Waals surface area contributed by atoms with E-state index in [1.807, 2.05) is 24.3 Å². The van der Waals surface area contributed by atoms with Crippen molar-refractivity contribution in [1.29, 1.82) is 0 Å². The maximum absolute atomic E-state index is 11.9. The molecule has 1 aromatic rings. The third-order valence-electron chi connectivity index (χ3n) is 2.84. The zero-order valence-corrected chi connectivity index (χ0v) is 10.5. The number of hydrogen-bond acceptors (Lipinski definition) is 3. The Hall–Kier alpha value is -1.36. The Morgan fingerprint density at radius 1 is 1.53 bits per heavy atom. The summed E-state index contributed by atoms with van der Waals surface area (Å²) in [5.74, 6) is 0.387. The average Bonchev–Trinajstić information content (AvgIpc) is 2.72. The number of hydrogen-bond donors (Lipinski definition) is 2. The molecule has 92 valence electrons. The first-order chi connectivity index (χ1) is 8.18. The molecule has 0 fully saturated rings. The third kappa shape index (κ3) is 2.85. The standard InChI is InChI=1S/C12H16N2O2S/c1-17(16)7-6-13-12(15)10-8-14-11-5-3-2-4-9(10)11/h2-5,10,14H,6-8H2,1H3,(H,13,15). The Morgan fingerprint density at radius 3 is 3.06 bits per heavy atom. The van der Waals surface area contributed by atoms with E-state index in [2.05, 4.69) is 10.6 Å². The molecule has 5 heteroatoms. The van der Waals surface area contributed by atoms with Crippen molar-refractivity contribution < 1.29 is 9.00 Å². The summed E-state index contributed by atoms with van der Waals surface area (Å²) in [4.78, 5) is 11.9. The van der Waals surface area contributed by atoms with E-state index in [-0.39, 0.29) is 11.8 Å². The van der Waals surface area contributed by atoms with Gasteiger partial charge >= 0.3 is 0 Å². The molecule has 0 bridgehead atoms. The molecule has 2 unspecified atom stereocenters. The number of amides is 1. The molecule has 1 heterocycles. The summed E-state index contributed by atoms with van der Waals surface area (Å²) in [7, 11) is -0.859. The average molecular weight is 252 g/mol. The second-order valence-electron chi connectivity index (χ2n) is 4.09. The lowest BCUT2D eigenvalue weighted by Gasteiger charge is -2.10. The zero-order valence-electron chi connectivity index (χ0n) is 9.73. The monoisotopic (exact) mass is 252 g/mol. The van der Waals surface area contributed by atoms with Gasteiger partial charge in [-0.05, 0) is 11.6 Å². The van der Waals surface area contributed by atoms with Gasteiger partial charge in [-0.25, -0.2) is 0 Å². The van der Waals surface area contributed by atoms with E-state index >= 15 is 0 Å². The molecule has 1 aliphatic rings. The van der Waals surface area contributed by atoms with E-state index in [1.54, 1.807) is 6.26 Å². The second-order valence-corrected chi connectivity index (χ2v) is 5.64. The highest BCUT2D eigenvalue weighted by Crippen LogP contribution is 2.30. The van der Waals surface area contributed by atoms with E-state index in [0.717, 1.165) is 11.3 Å². The van der Waals surface area contributed by atoms with Gasteiger partial charge in [0.25, 0.3) is 0 Å². The number of carbonyl (C=O) groups excluding carboxylic acids is 1. The molecule has 0 aromatic heterocycles. The predicted octanol–water partition coefficient (Wildman–Crippen LogP) is 0.690. The van der Waals surface area contributed by atoms with Crippen LogP contribution in [0.25, 0.3) is 0 Å². The fraction of sp³-hybridized carbons (Fsp3) is 0.417. The minimum Gasteiger partial charge on any atom is -0.384 e. The van der Waals surface area contributed by atoms with Crippen molar-refractivity contribution in [2.24, 2.45) is 0 Å². The predicted molar refractivity (Wildman–Crippen MR) is 69.6 cm³/mol. The third-order valence-corrected chi connectivity index (χ3v) is 3.62. The summed E-state index contributed by atoms with van der Waals surface area (Å²) < 4.78 is 10.9. The van der Waals surface area contributed by atoms with Gasteiger partial charge in [-0.15, -0.1) is 0 Å². The highest BCUT2D eigenvalue weighted by Gasteiger charge is 2.27. The molecule has 0 aliphatic carbocycles. The first-order valence-electron chi connectivity index (χ1n) is 5.59. The van der Waals surface area contributed by atoms with E-state index in [4.69, 9.17) is 0 Å². The Labute approximate surface area is 103 Å². The lowest BCUT2D eigenvalue weighted by Crippen LogP contribution is -2.33. The van der Waals surface area contributed by atoms with Crippen molar-refractivity contribution in [2.75, 3.05) is 30.4 Å². The van der Waals surface area contributed by atoms with Crippen molar-refractivity contribution in [2.45, 2.75) is 5.92 Å². The molecule has 17 heavy (non-hydrogen) atoms. The zero-order chi connectivity index (χ0) is 12.3. The fourth-order valence-corrected chi connectivity index (χ4v) is 2.35. The molecule has 2 rings (SSSR count). The normalized spacial score (nSPS) is 19.2. The number of benzene rings is 1. The number of nitrogens with one attached hydrogen (secondary N) is 2. The van der Waals surface area contributed by atoms with Gasteiger partial charge in [0.1, 0.15) is 0 Å². The van der Waals surface area contributed by atoms with Gasteiger partial charge in [0.05, 0.1) is 5.92 Å². The van der Waals surface area contributed by atoms with E-state index in [1.165, 1.54) is 0 Å². The van der Waals surface area contributed by atoms with Gasteiger partial charge in [-0.3, -0.25) is 9.00 Å². The maximum Gasteiger partial charge on any atom is 0.229 e. The highest BCUT2D eigenvalue weighted by molar-refractivity contribution is 7.84. The van der Waals surface area contributed by atoms with Gasteiger partial charge in [-0.2, -0.15) is 0 Å². The van der Waals surface area contributed by atoms with Crippen molar-refractivity contribution in [3.8, 4) is 0 Å². The van der Waals surface area contributed by atoms with E-state index in [0.29, 0.717) is 18.8 Å². The fourth-order valence-electron chi connectivity index (χ4n) is 1.96. The van der Waals surface area contributed by atoms with Crippen LogP contribution in [0.4, 0.5) is 5.69 Å². The quantitative estimate of drug-likeness (QED) is 0.829. The lowest BCUT2D eigenvalue weighted by atomic mass is 10.0. The molecule has 0 saturated carbocycles. The largest absolute Gasteiger partial charge is 0.384 e. The van der Waals surface area contributed by atoms with Crippen molar-refractivity contribution in [3.05, 3.63) is 29.8 Å². The Bertz CT molecular complexity index is 448.